The highest BCUT2D eigenvalue weighted by Crippen LogP contribution is 2.36. The van der Waals surface area contributed by atoms with Gasteiger partial charge in [0.1, 0.15) is 0 Å². The summed E-state index contributed by atoms with van der Waals surface area (Å²) < 4.78 is 0. The molecule has 0 spiro atoms. The van der Waals surface area contributed by atoms with Crippen LogP contribution in [0.5, 0.6) is 0 Å². The summed E-state index contributed by atoms with van der Waals surface area (Å²) in [5, 5.41) is 1.57. The minimum absolute atomic E-state index is 0.148. The largest absolute Gasteiger partial charge is 0.281 e. The zero-order valence-corrected chi connectivity index (χ0v) is 12.7. The molecule has 0 saturated heterocycles. The summed E-state index contributed by atoms with van der Waals surface area (Å²) in [6, 6.07) is 14.2. The zero-order chi connectivity index (χ0) is 14.1. The minimum atomic E-state index is 0.148. The predicted molar refractivity (Wildman–Crippen MR) is 86.2 cm³/mol. The number of nitrogens with zero attached hydrogens (tertiary/aromatic N) is 1. The Labute approximate surface area is 129 Å². The molecule has 1 aliphatic heterocycles. The molecule has 0 radical (unpaired) electrons. The number of rotatable bonds is 2. The first kappa shape index (κ1) is 13.7. The SMILES string of the molecule is Cc1ccc(C2CCC(c3ccccc3Cl)=N2)c(Cl)c1. The molecule has 3 heteroatoms. The van der Waals surface area contributed by atoms with E-state index in [1.54, 1.807) is 0 Å². The molecule has 1 unspecified atom stereocenters. The lowest BCUT2D eigenvalue weighted by Crippen LogP contribution is -1.96. The van der Waals surface area contributed by atoms with Crippen LogP contribution in [0, 0.1) is 6.92 Å². The normalized spacial score (nSPS) is 18.1. The summed E-state index contributed by atoms with van der Waals surface area (Å²) in [7, 11) is 0. The van der Waals surface area contributed by atoms with Crippen molar-refractivity contribution in [3.05, 3.63) is 69.2 Å². The Morgan fingerprint density at radius 1 is 1.05 bits per heavy atom. The molecule has 0 amide bonds. The summed E-state index contributed by atoms with van der Waals surface area (Å²) in [6.07, 6.45) is 1.93. The van der Waals surface area contributed by atoms with Crippen LogP contribution < -0.4 is 0 Å². The van der Waals surface area contributed by atoms with Gasteiger partial charge in [-0.05, 0) is 43.0 Å². The van der Waals surface area contributed by atoms with Crippen molar-refractivity contribution in [3.8, 4) is 0 Å². The van der Waals surface area contributed by atoms with Gasteiger partial charge in [0.2, 0.25) is 0 Å². The quantitative estimate of drug-likeness (QED) is 0.682. The number of benzene rings is 2. The highest BCUT2D eigenvalue weighted by atomic mass is 35.5. The topological polar surface area (TPSA) is 12.4 Å². The summed E-state index contributed by atoms with van der Waals surface area (Å²) >= 11 is 12.6. The van der Waals surface area contributed by atoms with E-state index in [2.05, 4.69) is 12.1 Å². The summed E-state index contributed by atoms with van der Waals surface area (Å²) in [6.45, 7) is 2.04. The van der Waals surface area contributed by atoms with E-state index < -0.39 is 0 Å². The Morgan fingerprint density at radius 3 is 2.60 bits per heavy atom. The first-order valence-electron chi connectivity index (χ1n) is 6.73. The maximum Gasteiger partial charge on any atom is 0.0770 e. The van der Waals surface area contributed by atoms with E-state index in [0.717, 1.165) is 39.7 Å². The molecule has 3 rings (SSSR count). The second-order valence-electron chi connectivity index (χ2n) is 5.14. The molecule has 0 bridgehead atoms. The van der Waals surface area contributed by atoms with Gasteiger partial charge >= 0.3 is 0 Å². The summed E-state index contributed by atoms with van der Waals surface area (Å²) in [5.74, 6) is 0. The monoisotopic (exact) mass is 303 g/mol. The van der Waals surface area contributed by atoms with Gasteiger partial charge in [-0.3, -0.25) is 4.99 Å². The number of aryl methyl sites for hydroxylation is 1. The molecule has 0 fully saturated rings. The summed E-state index contributed by atoms with van der Waals surface area (Å²) in [4.78, 5) is 4.83. The van der Waals surface area contributed by atoms with E-state index in [1.807, 2.05) is 37.3 Å². The second-order valence-corrected chi connectivity index (χ2v) is 5.95. The fraction of sp³-hybridized carbons (Fsp3) is 0.235. The lowest BCUT2D eigenvalue weighted by atomic mass is 10.0. The van der Waals surface area contributed by atoms with Gasteiger partial charge in [0.25, 0.3) is 0 Å². The van der Waals surface area contributed by atoms with Gasteiger partial charge in [0.05, 0.1) is 6.04 Å². The molecule has 20 heavy (non-hydrogen) atoms. The molecular formula is C17H15Cl2N. The van der Waals surface area contributed by atoms with Gasteiger partial charge in [-0.25, -0.2) is 0 Å². The molecule has 1 aliphatic rings. The average Bonchev–Trinajstić information content (AvgIpc) is 2.88. The number of aliphatic imine (C=N–C) groups is 1. The van der Waals surface area contributed by atoms with Gasteiger partial charge in [-0.15, -0.1) is 0 Å². The Kier molecular flexibility index (Phi) is 3.82. The molecule has 1 heterocycles. The van der Waals surface area contributed by atoms with Crippen LogP contribution in [0.25, 0.3) is 0 Å². The Hall–Kier alpha value is -1.31. The van der Waals surface area contributed by atoms with Crippen molar-refractivity contribution < 1.29 is 0 Å². The Bertz CT molecular complexity index is 676. The Balaban J connectivity index is 1.94. The van der Waals surface area contributed by atoms with Crippen LogP contribution in [-0.2, 0) is 0 Å². The molecular weight excluding hydrogens is 289 g/mol. The van der Waals surface area contributed by atoms with Crippen molar-refractivity contribution in [1.82, 2.24) is 0 Å². The standard InChI is InChI=1S/C17H15Cl2N/c1-11-6-7-13(15(19)10-11)17-9-8-16(20-17)12-4-2-3-5-14(12)18/h2-7,10,17H,8-9H2,1H3. The minimum Gasteiger partial charge on any atom is -0.281 e. The van der Waals surface area contributed by atoms with Crippen molar-refractivity contribution in [1.29, 1.82) is 0 Å². The zero-order valence-electron chi connectivity index (χ0n) is 11.2. The van der Waals surface area contributed by atoms with Crippen LogP contribution in [-0.4, -0.2) is 5.71 Å². The maximum atomic E-state index is 6.34. The molecule has 2 aromatic carbocycles. The third-order valence-electron chi connectivity index (χ3n) is 3.67. The lowest BCUT2D eigenvalue weighted by molar-refractivity contribution is 0.723. The highest BCUT2D eigenvalue weighted by molar-refractivity contribution is 6.34. The molecule has 102 valence electrons. The molecule has 1 nitrogen and oxygen atoms in total. The van der Waals surface area contributed by atoms with E-state index in [9.17, 15) is 0 Å². The Morgan fingerprint density at radius 2 is 1.85 bits per heavy atom. The molecule has 0 aliphatic carbocycles. The first-order chi connectivity index (χ1) is 9.65. The van der Waals surface area contributed by atoms with E-state index in [4.69, 9.17) is 28.2 Å². The van der Waals surface area contributed by atoms with Crippen LogP contribution in [0.15, 0.2) is 47.5 Å². The number of halogens is 2. The molecule has 0 aromatic heterocycles. The van der Waals surface area contributed by atoms with Crippen LogP contribution >= 0.6 is 23.2 Å². The van der Waals surface area contributed by atoms with Gasteiger partial charge in [0, 0.05) is 21.3 Å². The van der Waals surface area contributed by atoms with Gasteiger partial charge in [-0.1, -0.05) is 53.5 Å². The van der Waals surface area contributed by atoms with Gasteiger partial charge in [-0.2, -0.15) is 0 Å². The van der Waals surface area contributed by atoms with Crippen molar-refractivity contribution >= 4 is 28.9 Å². The molecule has 0 N–H and O–H groups in total. The lowest BCUT2D eigenvalue weighted by Gasteiger charge is -2.09. The van der Waals surface area contributed by atoms with Gasteiger partial charge < -0.3 is 0 Å². The van der Waals surface area contributed by atoms with E-state index in [-0.39, 0.29) is 6.04 Å². The van der Waals surface area contributed by atoms with E-state index in [0.29, 0.717) is 0 Å². The predicted octanol–water partition coefficient (Wildman–Crippen LogP) is 5.63. The van der Waals surface area contributed by atoms with Gasteiger partial charge in [0.15, 0.2) is 0 Å². The molecule has 2 aromatic rings. The van der Waals surface area contributed by atoms with Crippen LogP contribution in [0.4, 0.5) is 0 Å². The maximum absolute atomic E-state index is 6.34. The van der Waals surface area contributed by atoms with E-state index >= 15 is 0 Å². The van der Waals surface area contributed by atoms with Crippen LogP contribution in [0.1, 0.15) is 35.6 Å². The highest BCUT2D eigenvalue weighted by Gasteiger charge is 2.22. The average molecular weight is 304 g/mol. The number of hydrogen-bond acceptors (Lipinski definition) is 1. The van der Waals surface area contributed by atoms with Crippen molar-refractivity contribution in [2.45, 2.75) is 25.8 Å². The van der Waals surface area contributed by atoms with Crippen molar-refractivity contribution in [2.75, 3.05) is 0 Å². The third kappa shape index (κ3) is 2.61. The van der Waals surface area contributed by atoms with E-state index in [1.165, 1.54) is 5.56 Å². The summed E-state index contributed by atoms with van der Waals surface area (Å²) in [5.41, 5.74) is 4.41. The number of hydrogen-bond donors (Lipinski definition) is 0. The fourth-order valence-corrected chi connectivity index (χ4v) is 3.22. The fourth-order valence-electron chi connectivity index (χ4n) is 2.62. The van der Waals surface area contributed by atoms with Crippen molar-refractivity contribution in [2.24, 2.45) is 4.99 Å². The third-order valence-corrected chi connectivity index (χ3v) is 4.32. The second kappa shape index (κ2) is 5.59. The smallest absolute Gasteiger partial charge is 0.0770 e. The van der Waals surface area contributed by atoms with Crippen LogP contribution in [0.3, 0.4) is 0 Å². The first-order valence-corrected chi connectivity index (χ1v) is 7.48. The van der Waals surface area contributed by atoms with Crippen LogP contribution in [0.2, 0.25) is 10.0 Å². The molecule has 0 saturated carbocycles. The molecule has 1 atom stereocenters. The van der Waals surface area contributed by atoms with Crippen molar-refractivity contribution in [3.63, 3.8) is 0 Å².